The van der Waals surface area contributed by atoms with Gasteiger partial charge in [-0.2, -0.15) is 0 Å². The molecule has 88 valence electrons. The molecule has 0 aromatic heterocycles. The van der Waals surface area contributed by atoms with Crippen LogP contribution in [0, 0.1) is 0 Å². The van der Waals surface area contributed by atoms with E-state index in [1.165, 1.54) is 31.4 Å². The van der Waals surface area contributed by atoms with E-state index in [4.69, 9.17) is 9.05 Å². The summed E-state index contributed by atoms with van der Waals surface area (Å²) in [6.07, 6.45) is 2.21. The minimum atomic E-state index is -2.83. The molecule has 0 bridgehead atoms. The fraction of sp³-hybridized carbons (Fsp3) is 1.00. The lowest BCUT2D eigenvalue weighted by Gasteiger charge is -2.11. The summed E-state index contributed by atoms with van der Waals surface area (Å²) < 4.78 is 21.1. The van der Waals surface area contributed by atoms with Crippen LogP contribution in [0.4, 0.5) is 0 Å². The van der Waals surface area contributed by atoms with Gasteiger partial charge in [0.25, 0.3) is 0 Å². The summed E-state index contributed by atoms with van der Waals surface area (Å²) in [6, 6.07) is 0. The molecular weight excluding hydrogens is 354 g/mol. The highest BCUT2D eigenvalue weighted by molar-refractivity contribution is 8.55. The standard InChI is InChI=1S/C7H18O3PS2.HI/c1-5-13(4)7-6-12-11(8,9-2)10-3;/h5-7H2,1-4H3;1H/q+1;/p-1. The van der Waals surface area contributed by atoms with Gasteiger partial charge in [-0.15, -0.1) is 0 Å². The molecule has 0 aliphatic carbocycles. The molecule has 0 heterocycles. The Balaban J connectivity index is 0. The molecule has 0 saturated heterocycles. The Labute approximate surface area is 111 Å². The van der Waals surface area contributed by atoms with Crippen molar-refractivity contribution in [2.24, 2.45) is 0 Å². The van der Waals surface area contributed by atoms with E-state index in [-0.39, 0.29) is 24.0 Å². The van der Waals surface area contributed by atoms with Gasteiger partial charge in [-0.3, -0.25) is 0 Å². The molecule has 0 aromatic rings. The van der Waals surface area contributed by atoms with Gasteiger partial charge in [0.05, 0.1) is 6.26 Å². The summed E-state index contributed by atoms with van der Waals surface area (Å²) in [6.45, 7) is -0.660. The predicted octanol–water partition coefficient (Wildman–Crippen LogP) is -0.607. The third-order valence-electron chi connectivity index (χ3n) is 1.62. The molecule has 0 aliphatic heterocycles. The van der Waals surface area contributed by atoms with Crippen molar-refractivity contribution >= 4 is 29.1 Å². The lowest BCUT2D eigenvalue weighted by atomic mass is 10.9. The molecule has 1 atom stereocenters. The molecule has 0 N–H and O–H groups in total. The average molecular weight is 372 g/mol. The molecule has 0 fully saturated rings. The predicted molar refractivity (Wildman–Crippen MR) is 62.8 cm³/mol. The van der Waals surface area contributed by atoms with E-state index in [1.807, 2.05) is 0 Å². The summed E-state index contributed by atoms with van der Waals surface area (Å²) in [4.78, 5) is 0. The topological polar surface area (TPSA) is 35.5 Å². The third-order valence-corrected chi connectivity index (χ3v) is 7.75. The van der Waals surface area contributed by atoms with Gasteiger partial charge >= 0.3 is 6.80 Å². The van der Waals surface area contributed by atoms with Crippen LogP contribution in [-0.4, -0.2) is 37.7 Å². The summed E-state index contributed by atoms with van der Waals surface area (Å²) in [5.41, 5.74) is 0. The SMILES string of the molecule is CC[S+](C)CCSP(=O)(OC)OC.[I-]. The van der Waals surface area contributed by atoms with Crippen molar-refractivity contribution in [3.63, 3.8) is 0 Å². The Bertz CT molecular complexity index is 174. The fourth-order valence-electron chi connectivity index (χ4n) is 0.616. The van der Waals surface area contributed by atoms with Gasteiger partial charge in [0, 0.05) is 20.0 Å². The average Bonchev–Trinajstić information content (AvgIpc) is 2.17. The van der Waals surface area contributed by atoms with Crippen LogP contribution in [0.5, 0.6) is 0 Å². The van der Waals surface area contributed by atoms with Crippen molar-refractivity contribution in [3.8, 4) is 0 Å². The smallest absolute Gasteiger partial charge is 0.388 e. The van der Waals surface area contributed by atoms with Crippen molar-refractivity contribution in [2.75, 3.05) is 37.7 Å². The second-order valence-corrected chi connectivity index (χ2v) is 9.38. The quantitative estimate of drug-likeness (QED) is 0.340. The Morgan fingerprint density at radius 1 is 1.36 bits per heavy atom. The molecule has 0 amide bonds. The monoisotopic (exact) mass is 372 g/mol. The fourth-order valence-corrected chi connectivity index (χ4v) is 4.90. The molecule has 0 aliphatic rings. The van der Waals surface area contributed by atoms with E-state index in [0.717, 1.165) is 11.5 Å². The summed E-state index contributed by atoms with van der Waals surface area (Å²) in [5.74, 6) is 3.11. The van der Waals surface area contributed by atoms with Crippen molar-refractivity contribution in [1.82, 2.24) is 0 Å². The van der Waals surface area contributed by atoms with Crippen LogP contribution in [0.3, 0.4) is 0 Å². The number of hydrogen-bond donors (Lipinski definition) is 0. The summed E-state index contributed by atoms with van der Waals surface area (Å²) in [7, 11) is 3.27. The molecule has 14 heavy (non-hydrogen) atoms. The van der Waals surface area contributed by atoms with Crippen LogP contribution in [0.25, 0.3) is 0 Å². The van der Waals surface area contributed by atoms with Gasteiger partial charge in [-0.05, 0) is 29.2 Å². The van der Waals surface area contributed by atoms with E-state index >= 15 is 0 Å². The number of halogens is 1. The molecule has 0 radical (unpaired) electrons. The minimum Gasteiger partial charge on any atom is -1.00 e. The van der Waals surface area contributed by atoms with Crippen LogP contribution in [0.15, 0.2) is 0 Å². The largest absolute Gasteiger partial charge is 1.00 e. The van der Waals surface area contributed by atoms with Crippen LogP contribution < -0.4 is 24.0 Å². The zero-order chi connectivity index (χ0) is 10.3. The molecule has 0 spiro atoms. The van der Waals surface area contributed by atoms with E-state index in [2.05, 4.69) is 13.2 Å². The zero-order valence-electron chi connectivity index (χ0n) is 8.99. The number of rotatable bonds is 7. The first kappa shape index (κ1) is 18.0. The Kier molecular flexibility index (Phi) is 12.5. The van der Waals surface area contributed by atoms with Crippen molar-refractivity contribution < 1.29 is 37.6 Å². The zero-order valence-corrected chi connectivity index (χ0v) is 13.7. The van der Waals surface area contributed by atoms with Gasteiger partial charge in [0.2, 0.25) is 0 Å². The summed E-state index contributed by atoms with van der Waals surface area (Å²) in [5, 5.41) is 0. The molecule has 3 nitrogen and oxygen atoms in total. The first-order valence-electron chi connectivity index (χ1n) is 4.03. The van der Waals surface area contributed by atoms with Crippen LogP contribution >= 0.6 is 18.2 Å². The Morgan fingerprint density at radius 3 is 2.21 bits per heavy atom. The second kappa shape index (κ2) is 9.78. The highest BCUT2D eigenvalue weighted by atomic mass is 127. The maximum absolute atomic E-state index is 11.5. The maximum atomic E-state index is 11.5. The van der Waals surface area contributed by atoms with Crippen LogP contribution in [0.2, 0.25) is 0 Å². The van der Waals surface area contributed by atoms with Gasteiger partial charge in [-0.25, -0.2) is 4.57 Å². The van der Waals surface area contributed by atoms with Gasteiger partial charge in [-0.1, -0.05) is 0 Å². The van der Waals surface area contributed by atoms with E-state index in [0.29, 0.717) is 10.9 Å². The number of hydrogen-bond acceptors (Lipinski definition) is 4. The van der Waals surface area contributed by atoms with E-state index < -0.39 is 6.80 Å². The van der Waals surface area contributed by atoms with Gasteiger partial charge in [0.1, 0.15) is 11.5 Å². The minimum absolute atomic E-state index is 0. The van der Waals surface area contributed by atoms with Crippen LogP contribution in [0.1, 0.15) is 6.92 Å². The van der Waals surface area contributed by atoms with Gasteiger partial charge in [0.15, 0.2) is 0 Å². The normalized spacial score (nSPS) is 13.4. The molecule has 0 aromatic carbocycles. The van der Waals surface area contributed by atoms with Crippen molar-refractivity contribution in [3.05, 3.63) is 0 Å². The van der Waals surface area contributed by atoms with Gasteiger partial charge < -0.3 is 33.0 Å². The van der Waals surface area contributed by atoms with E-state index in [1.54, 1.807) is 0 Å². The maximum Gasteiger partial charge on any atom is 0.388 e. The first-order valence-corrected chi connectivity index (χ1v) is 9.13. The highest BCUT2D eigenvalue weighted by Crippen LogP contribution is 2.59. The molecular formula is C7H18IO3PS2. The first-order chi connectivity index (χ1) is 6.08. The third kappa shape index (κ3) is 7.82. The lowest BCUT2D eigenvalue weighted by Crippen LogP contribution is -3.00. The van der Waals surface area contributed by atoms with Crippen LogP contribution in [-0.2, 0) is 24.5 Å². The second-order valence-electron chi connectivity index (χ2n) is 2.42. The Morgan fingerprint density at radius 2 is 1.86 bits per heavy atom. The Hall–Kier alpha value is 1.58. The molecule has 1 unspecified atom stereocenters. The van der Waals surface area contributed by atoms with Crippen molar-refractivity contribution in [2.45, 2.75) is 6.92 Å². The molecule has 7 heteroatoms. The summed E-state index contributed by atoms with van der Waals surface area (Å²) >= 11 is 1.29. The molecule has 0 saturated carbocycles. The molecule has 0 rings (SSSR count). The highest BCUT2D eigenvalue weighted by Gasteiger charge is 2.22. The lowest BCUT2D eigenvalue weighted by molar-refractivity contribution is -0.00000590. The van der Waals surface area contributed by atoms with Crippen molar-refractivity contribution in [1.29, 1.82) is 0 Å². The van der Waals surface area contributed by atoms with E-state index in [9.17, 15) is 4.57 Å².